The normalized spacial score (nSPS) is 14.2. The quantitative estimate of drug-likeness (QED) is 0.620. The second-order valence-corrected chi connectivity index (χ2v) is 5.27. The molecule has 2 heteroatoms. The molecule has 2 nitrogen and oxygen atoms in total. The van der Waals surface area contributed by atoms with Crippen molar-refractivity contribution in [1.29, 1.82) is 0 Å². The second kappa shape index (κ2) is 8.12. The smallest absolute Gasteiger partial charge is 0.0436 e. The summed E-state index contributed by atoms with van der Waals surface area (Å²) in [6, 6.07) is 0.655. The number of unbranched alkanes of at least 4 members (excludes halogenated alkanes) is 1. The van der Waals surface area contributed by atoms with Crippen LogP contribution in [0.3, 0.4) is 0 Å². The molecule has 1 unspecified atom stereocenters. The molecule has 0 bridgehead atoms. The predicted molar refractivity (Wildman–Crippen MR) is 67.1 cm³/mol. The Hall–Kier alpha value is -0.0800. The third-order valence-corrected chi connectivity index (χ3v) is 3.06. The van der Waals surface area contributed by atoms with E-state index < -0.39 is 0 Å². The first-order chi connectivity index (χ1) is 7.05. The zero-order valence-corrected chi connectivity index (χ0v) is 11.0. The van der Waals surface area contributed by atoms with Gasteiger partial charge in [0, 0.05) is 19.2 Å². The van der Waals surface area contributed by atoms with Crippen molar-refractivity contribution < 1.29 is 5.11 Å². The van der Waals surface area contributed by atoms with Crippen LogP contribution in [0.4, 0.5) is 0 Å². The van der Waals surface area contributed by atoms with Crippen LogP contribution in [0, 0.1) is 5.41 Å². The third-order valence-electron chi connectivity index (χ3n) is 3.06. The maximum Gasteiger partial charge on any atom is 0.0436 e. The minimum Gasteiger partial charge on any atom is -0.396 e. The lowest BCUT2D eigenvalue weighted by Crippen LogP contribution is -2.37. The molecule has 15 heavy (non-hydrogen) atoms. The summed E-state index contributed by atoms with van der Waals surface area (Å²) in [6.45, 7) is 10.2. The van der Waals surface area contributed by atoms with Gasteiger partial charge in [0.1, 0.15) is 0 Å². The van der Waals surface area contributed by atoms with Gasteiger partial charge >= 0.3 is 0 Å². The molecule has 0 aliphatic rings. The molecule has 0 amide bonds. The van der Waals surface area contributed by atoms with E-state index >= 15 is 0 Å². The van der Waals surface area contributed by atoms with Gasteiger partial charge in [0.2, 0.25) is 0 Å². The molecule has 0 saturated carbocycles. The second-order valence-electron chi connectivity index (χ2n) is 5.27. The predicted octanol–water partition coefficient (Wildman–Crippen LogP) is 2.95. The first-order valence-electron chi connectivity index (χ1n) is 6.40. The van der Waals surface area contributed by atoms with E-state index in [0.717, 1.165) is 13.0 Å². The van der Waals surface area contributed by atoms with Crippen LogP contribution in [-0.4, -0.2) is 24.3 Å². The van der Waals surface area contributed by atoms with E-state index in [9.17, 15) is 0 Å². The van der Waals surface area contributed by atoms with Gasteiger partial charge < -0.3 is 10.4 Å². The average Bonchev–Trinajstić information content (AvgIpc) is 2.18. The van der Waals surface area contributed by atoms with Crippen LogP contribution < -0.4 is 5.32 Å². The summed E-state index contributed by atoms with van der Waals surface area (Å²) in [7, 11) is 0. The first kappa shape index (κ1) is 14.9. The minimum absolute atomic E-state index is 0.217. The van der Waals surface area contributed by atoms with Crippen molar-refractivity contribution >= 4 is 0 Å². The highest BCUT2D eigenvalue weighted by molar-refractivity contribution is 4.74. The van der Waals surface area contributed by atoms with Crippen molar-refractivity contribution in [3.8, 4) is 0 Å². The van der Waals surface area contributed by atoms with E-state index in [1.54, 1.807) is 0 Å². The molecule has 0 aromatic rings. The molecule has 0 aliphatic heterocycles. The van der Waals surface area contributed by atoms with E-state index in [1.807, 2.05) is 0 Å². The summed E-state index contributed by atoms with van der Waals surface area (Å²) in [4.78, 5) is 0. The summed E-state index contributed by atoms with van der Waals surface area (Å²) >= 11 is 0. The molecule has 92 valence electrons. The summed E-state index contributed by atoms with van der Waals surface area (Å²) in [6.07, 6.45) is 5.95. The number of aliphatic hydroxyl groups excluding tert-OH is 1. The SMILES string of the molecule is CCCCC(CC)NCC(C)(C)CCO. The Morgan fingerprint density at radius 2 is 1.93 bits per heavy atom. The van der Waals surface area contributed by atoms with Crippen LogP contribution in [0.1, 0.15) is 59.8 Å². The van der Waals surface area contributed by atoms with Gasteiger partial charge in [-0.3, -0.25) is 0 Å². The highest BCUT2D eigenvalue weighted by Crippen LogP contribution is 2.19. The number of nitrogens with one attached hydrogen (secondary N) is 1. The van der Waals surface area contributed by atoms with Crippen LogP contribution in [0.5, 0.6) is 0 Å². The van der Waals surface area contributed by atoms with Crippen LogP contribution >= 0.6 is 0 Å². The first-order valence-corrected chi connectivity index (χ1v) is 6.40. The molecule has 1 atom stereocenters. The Bertz CT molecular complexity index is 145. The van der Waals surface area contributed by atoms with E-state index in [0.29, 0.717) is 12.6 Å². The largest absolute Gasteiger partial charge is 0.396 e. The Labute approximate surface area is 95.5 Å². The summed E-state index contributed by atoms with van der Waals surface area (Å²) in [5.74, 6) is 0. The molecule has 0 spiro atoms. The highest BCUT2D eigenvalue weighted by atomic mass is 16.3. The zero-order valence-electron chi connectivity index (χ0n) is 11.0. The van der Waals surface area contributed by atoms with Crippen molar-refractivity contribution in [2.75, 3.05) is 13.2 Å². The van der Waals surface area contributed by atoms with Gasteiger partial charge in [-0.05, 0) is 24.7 Å². The van der Waals surface area contributed by atoms with Crippen LogP contribution in [0.25, 0.3) is 0 Å². The maximum absolute atomic E-state index is 8.94. The van der Waals surface area contributed by atoms with Crippen molar-refractivity contribution in [2.24, 2.45) is 5.41 Å². The number of hydrogen-bond donors (Lipinski definition) is 2. The monoisotopic (exact) mass is 215 g/mol. The topological polar surface area (TPSA) is 32.3 Å². The van der Waals surface area contributed by atoms with Crippen molar-refractivity contribution in [3.05, 3.63) is 0 Å². The maximum atomic E-state index is 8.94. The van der Waals surface area contributed by atoms with Gasteiger partial charge in [-0.2, -0.15) is 0 Å². The Balaban J connectivity index is 3.77. The Morgan fingerprint density at radius 3 is 2.40 bits per heavy atom. The van der Waals surface area contributed by atoms with Gasteiger partial charge in [0.25, 0.3) is 0 Å². The molecule has 0 heterocycles. The third kappa shape index (κ3) is 7.80. The lowest BCUT2D eigenvalue weighted by Gasteiger charge is -2.27. The van der Waals surface area contributed by atoms with Crippen molar-refractivity contribution in [3.63, 3.8) is 0 Å². The molecular weight excluding hydrogens is 186 g/mol. The van der Waals surface area contributed by atoms with Crippen LogP contribution in [0.2, 0.25) is 0 Å². The molecule has 0 aliphatic carbocycles. The molecule has 0 fully saturated rings. The van der Waals surface area contributed by atoms with Crippen LogP contribution in [0.15, 0.2) is 0 Å². The lowest BCUT2D eigenvalue weighted by molar-refractivity contribution is 0.201. The van der Waals surface area contributed by atoms with Gasteiger partial charge in [-0.15, -0.1) is 0 Å². The van der Waals surface area contributed by atoms with E-state index in [4.69, 9.17) is 5.11 Å². The molecule has 0 aromatic heterocycles. The van der Waals surface area contributed by atoms with E-state index in [1.165, 1.54) is 25.7 Å². The standard InChI is InChI=1S/C13H29NO/c1-5-7-8-12(6-2)14-11-13(3,4)9-10-15/h12,14-15H,5-11H2,1-4H3. The fraction of sp³-hybridized carbons (Fsp3) is 1.00. The fourth-order valence-corrected chi connectivity index (χ4v) is 1.71. The molecule has 0 radical (unpaired) electrons. The molecule has 2 N–H and O–H groups in total. The minimum atomic E-state index is 0.217. The fourth-order valence-electron chi connectivity index (χ4n) is 1.71. The Morgan fingerprint density at radius 1 is 1.27 bits per heavy atom. The molecular formula is C13H29NO. The van der Waals surface area contributed by atoms with E-state index in [2.05, 4.69) is 33.0 Å². The molecule has 0 aromatic carbocycles. The number of aliphatic hydroxyl groups is 1. The Kier molecular flexibility index (Phi) is 8.07. The van der Waals surface area contributed by atoms with Gasteiger partial charge in [0.05, 0.1) is 0 Å². The molecule has 0 saturated heterocycles. The number of rotatable bonds is 9. The van der Waals surface area contributed by atoms with Crippen molar-refractivity contribution in [1.82, 2.24) is 5.32 Å². The van der Waals surface area contributed by atoms with Crippen molar-refractivity contribution in [2.45, 2.75) is 65.8 Å². The summed E-state index contributed by atoms with van der Waals surface area (Å²) in [5, 5.41) is 12.6. The lowest BCUT2D eigenvalue weighted by atomic mass is 9.89. The van der Waals surface area contributed by atoms with Crippen LogP contribution in [-0.2, 0) is 0 Å². The number of hydrogen-bond acceptors (Lipinski definition) is 2. The highest BCUT2D eigenvalue weighted by Gasteiger charge is 2.18. The zero-order chi connectivity index (χ0) is 11.7. The van der Waals surface area contributed by atoms with Gasteiger partial charge in [-0.25, -0.2) is 0 Å². The van der Waals surface area contributed by atoms with E-state index in [-0.39, 0.29) is 5.41 Å². The summed E-state index contributed by atoms with van der Waals surface area (Å²) < 4.78 is 0. The summed E-state index contributed by atoms with van der Waals surface area (Å²) in [5.41, 5.74) is 0.217. The van der Waals surface area contributed by atoms with Gasteiger partial charge in [-0.1, -0.05) is 40.5 Å². The molecule has 0 rings (SSSR count). The van der Waals surface area contributed by atoms with Gasteiger partial charge in [0.15, 0.2) is 0 Å². The average molecular weight is 215 g/mol.